The highest BCUT2D eigenvalue weighted by Gasteiger charge is 2.49. The summed E-state index contributed by atoms with van der Waals surface area (Å²) in [4.78, 5) is 11.8. The van der Waals surface area contributed by atoms with Crippen molar-refractivity contribution in [3.05, 3.63) is 22.7 Å². The average Bonchev–Trinajstić information content (AvgIpc) is 2.14. The van der Waals surface area contributed by atoms with Gasteiger partial charge in [0.15, 0.2) is 0 Å². The van der Waals surface area contributed by atoms with Gasteiger partial charge in [0.25, 0.3) is 5.91 Å². The Kier molecular flexibility index (Phi) is 1.81. The summed E-state index contributed by atoms with van der Waals surface area (Å²) in [6, 6.07) is 5.60. The second kappa shape index (κ2) is 2.96. The molecule has 0 aliphatic carbocycles. The maximum absolute atomic E-state index is 11.8. The van der Waals surface area contributed by atoms with E-state index in [1.807, 2.05) is 18.2 Å². The number of hydrogen-bond acceptors (Lipinski definition) is 3. The van der Waals surface area contributed by atoms with Crippen LogP contribution in [0.3, 0.4) is 0 Å². The minimum absolute atomic E-state index is 0.0631. The second-order valence-electron chi connectivity index (χ2n) is 3.79. The van der Waals surface area contributed by atoms with Crippen molar-refractivity contribution in [2.45, 2.75) is 5.60 Å². The molecule has 0 aromatic heterocycles. The van der Waals surface area contributed by atoms with Gasteiger partial charge in [-0.2, -0.15) is 0 Å². The van der Waals surface area contributed by atoms with E-state index in [0.717, 1.165) is 15.9 Å². The third-order valence-electron chi connectivity index (χ3n) is 2.73. The molecule has 0 atom stereocenters. The van der Waals surface area contributed by atoms with Crippen molar-refractivity contribution in [2.24, 2.45) is 0 Å². The molecule has 1 aromatic carbocycles. The number of amides is 1. The molecular formula is C10H9BrN2O2. The first-order chi connectivity index (χ1) is 7.20. The largest absolute Gasteiger partial charge is 0.473 e. The van der Waals surface area contributed by atoms with E-state index < -0.39 is 5.60 Å². The standard InChI is InChI=1S/C10H9BrN2O2/c11-6-1-2-8-7(3-6)13-9(14)10(15-8)4-12-5-10/h1-3,12H,4-5H2,(H,13,14). The van der Waals surface area contributed by atoms with E-state index in [2.05, 4.69) is 26.6 Å². The number of halogens is 1. The van der Waals surface area contributed by atoms with E-state index in [4.69, 9.17) is 4.74 Å². The van der Waals surface area contributed by atoms with Crippen molar-refractivity contribution in [3.8, 4) is 5.75 Å². The van der Waals surface area contributed by atoms with E-state index in [1.165, 1.54) is 0 Å². The number of carbonyl (C=O) groups excluding carboxylic acids is 1. The monoisotopic (exact) mass is 268 g/mol. The third-order valence-corrected chi connectivity index (χ3v) is 3.22. The lowest BCUT2D eigenvalue weighted by molar-refractivity contribution is -0.136. The maximum Gasteiger partial charge on any atom is 0.271 e. The molecule has 2 aliphatic rings. The molecule has 0 radical (unpaired) electrons. The molecule has 1 spiro atoms. The molecule has 3 rings (SSSR count). The lowest BCUT2D eigenvalue weighted by Gasteiger charge is -2.43. The van der Waals surface area contributed by atoms with Crippen LogP contribution in [0, 0.1) is 0 Å². The molecule has 5 heteroatoms. The van der Waals surface area contributed by atoms with Gasteiger partial charge in [-0.15, -0.1) is 0 Å². The number of rotatable bonds is 0. The number of nitrogens with one attached hydrogen (secondary N) is 2. The Morgan fingerprint density at radius 2 is 2.20 bits per heavy atom. The van der Waals surface area contributed by atoms with Crippen LogP contribution < -0.4 is 15.4 Å². The summed E-state index contributed by atoms with van der Waals surface area (Å²) in [5.41, 5.74) is 0.0489. The molecule has 0 saturated carbocycles. The van der Waals surface area contributed by atoms with E-state index in [-0.39, 0.29) is 5.91 Å². The topological polar surface area (TPSA) is 50.4 Å². The minimum Gasteiger partial charge on any atom is -0.473 e. The smallest absolute Gasteiger partial charge is 0.271 e. The highest BCUT2D eigenvalue weighted by atomic mass is 79.9. The Morgan fingerprint density at radius 3 is 2.87 bits per heavy atom. The Hall–Kier alpha value is -1.07. The van der Waals surface area contributed by atoms with Gasteiger partial charge in [-0.3, -0.25) is 4.79 Å². The van der Waals surface area contributed by atoms with Crippen LogP contribution in [0.25, 0.3) is 0 Å². The van der Waals surface area contributed by atoms with E-state index in [0.29, 0.717) is 13.1 Å². The lowest BCUT2D eigenvalue weighted by Crippen LogP contribution is -2.70. The zero-order valence-corrected chi connectivity index (χ0v) is 9.43. The number of anilines is 1. The number of fused-ring (bicyclic) bond motifs is 1. The lowest BCUT2D eigenvalue weighted by atomic mass is 9.94. The Morgan fingerprint density at radius 1 is 1.40 bits per heavy atom. The molecule has 78 valence electrons. The summed E-state index contributed by atoms with van der Waals surface area (Å²) in [6.45, 7) is 1.16. The summed E-state index contributed by atoms with van der Waals surface area (Å²) in [6.07, 6.45) is 0. The van der Waals surface area contributed by atoms with Gasteiger partial charge in [-0.1, -0.05) is 15.9 Å². The van der Waals surface area contributed by atoms with Crippen molar-refractivity contribution in [1.29, 1.82) is 0 Å². The van der Waals surface area contributed by atoms with Gasteiger partial charge in [0, 0.05) is 17.6 Å². The summed E-state index contributed by atoms with van der Waals surface area (Å²) < 4.78 is 6.65. The van der Waals surface area contributed by atoms with Crippen LogP contribution in [0.1, 0.15) is 0 Å². The molecule has 2 heterocycles. The molecule has 1 amide bonds. The highest BCUT2D eigenvalue weighted by molar-refractivity contribution is 9.10. The van der Waals surface area contributed by atoms with Gasteiger partial charge in [0.1, 0.15) is 5.75 Å². The fourth-order valence-corrected chi connectivity index (χ4v) is 2.13. The summed E-state index contributed by atoms with van der Waals surface area (Å²) in [5, 5.41) is 5.91. The van der Waals surface area contributed by atoms with Gasteiger partial charge in [-0.25, -0.2) is 0 Å². The van der Waals surface area contributed by atoms with Crippen molar-refractivity contribution < 1.29 is 9.53 Å². The van der Waals surface area contributed by atoms with Crippen molar-refractivity contribution in [1.82, 2.24) is 5.32 Å². The van der Waals surface area contributed by atoms with Crippen LogP contribution in [0.4, 0.5) is 5.69 Å². The Labute approximate surface area is 95.1 Å². The van der Waals surface area contributed by atoms with Gasteiger partial charge in [0.05, 0.1) is 5.69 Å². The van der Waals surface area contributed by atoms with Gasteiger partial charge in [0.2, 0.25) is 5.60 Å². The summed E-state index contributed by atoms with van der Waals surface area (Å²) in [5.74, 6) is 0.672. The molecule has 0 bridgehead atoms. The molecule has 1 fully saturated rings. The van der Waals surface area contributed by atoms with Gasteiger partial charge >= 0.3 is 0 Å². The van der Waals surface area contributed by atoms with Crippen LogP contribution in [-0.2, 0) is 4.79 Å². The molecule has 1 saturated heterocycles. The zero-order valence-electron chi connectivity index (χ0n) is 7.84. The molecule has 0 unspecified atom stereocenters. The van der Waals surface area contributed by atoms with Crippen LogP contribution in [0.15, 0.2) is 22.7 Å². The first-order valence-corrected chi connectivity index (χ1v) is 5.50. The molecule has 4 nitrogen and oxygen atoms in total. The van der Waals surface area contributed by atoms with E-state index >= 15 is 0 Å². The van der Waals surface area contributed by atoms with Crippen molar-refractivity contribution >= 4 is 27.5 Å². The van der Waals surface area contributed by atoms with Gasteiger partial charge in [-0.05, 0) is 18.2 Å². The highest BCUT2D eigenvalue weighted by Crippen LogP contribution is 2.36. The van der Waals surface area contributed by atoms with Crippen molar-refractivity contribution in [3.63, 3.8) is 0 Å². The molecular weight excluding hydrogens is 260 g/mol. The molecule has 1 aromatic rings. The molecule has 15 heavy (non-hydrogen) atoms. The maximum atomic E-state index is 11.8. The minimum atomic E-state index is -0.680. The fourth-order valence-electron chi connectivity index (χ4n) is 1.77. The number of benzene rings is 1. The first-order valence-electron chi connectivity index (χ1n) is 4.70. The number of carbonyl (C=O) groups is 1. The van der Waals surface area contributed by atoms with Crippen LogP contribution in [-0.4, -0.2) is 24.6 Å². The number of ether oxygens (including phenoxy) is 1. The molecule has 2 N–H and O–H groups in total. The SMILES string of the molecule is O=C1Nc2cc(Br)ccc2OC12CNC2. The van der Waals surface area contributed by atoms with Gasteiger partial charge < -0.3 is 15.4 Å². The fraction of sp³-hybridized carbons (Fsp3) is 0.300. The summed E-state index contributed by atoms with van der Waals surface area (Å²) >= 11 is 3.35. The third kappa shape index (κ3) is 1.27. The van der Waals surface area contributed by atoms with E-state index in [1.54, 1.807) is 0 Å². The van der Waals surface area contributed by atoms with E-state index in [9.17, 15) is 4.79 Å². The quantitative estimate of drug-likeness (QED) is 0.742. The van der Waals surface area contributed by atoms with Crippen LogP contribution in [0.2, 0.25) is 0 Å². The van der Waals surface area contributed by atoms with Crippen molar-refractivity contribution in [2.75, 3.05) is 18.4 Å². The predicted molar refractivity (Wildman–Crippen MR) is 59.0 cm³/mol. The Balaban J connectivity index is 2.02. The first kappa shape index (κ1) is 9.18. The second-order valence-corrected chi connectivity index (χ2v) is 4.71. The average molecular weight is 269 g/mol. The molecule has 2 aliphatic heterocycles. The zero-order chi connectivity index (χ0) is 10.5. The summed E-state index contributed by atoms with van der Waals surface area (Å²) in [7, 11) is 0. The Bertz CT molecular complexity index is 443. The van der Waals surface area contributed by atoms with Crippen LogP contribution >= 0.6 is 15.9 Å². The predicted octanol–water partition coefficient (Wildman–Crippen LogP) is 1.12. The number of hydrogen-bond donors (Lipinski definition) is 2. The normalized spacial score (nSPS) is 21.3. The van der Waals surface area contributed by atoms with Crippen LogP contribution in [0.5, 0.6) is 5.75 Å².